The minimum atomic E-state index is -4.43. The first-order chi connectivity index (χ1) is 14.8. The third-order valence-electron chi connectivity index (χ3n) is 5.58. The molecule has 0 radical (unpaired) electrons. The molecule has 0 aliphatic carbocycles. The number of pyridine rings is 2. The lowest BCUT2D eigenvalue weighted by molar-refractivity contribution is -0.141. The van der Waals surface area contributed by atoms with Gasteiger partial charge in [-0.3, -0.25) is 9.97 Å². The molecule has 1 unspecified atom stereocenters. The summed E-state index contributed by atoms with van der Waals surface area (Å²) >= 11 is 0. The van der Waals surface area contributed by atoms with E-state index in [9.17, 15) is 18.4 Å². The topological polar surface area (TPSA) is 64.8 Å². The summed E-state index contributed by atoms with van der Waals surface area (Å²) in [6.45, 7) is 4.28. The van der Waals surface area contributed by atoms with Crippen molar-refractivity contribution in [2.24, 2.45) is 5.92 Å². The van der Waals surface area contributed by atoms with Gasteiger partial charge in [-0.1, -0.05) is 13.0 Å². The molecule has 0 spiro atoms. The highest BCUT2D eigenvalue weighted by molar-refractivity contribution is 5.95. The zero-order valence-electron chi connectivity index (χ0n) is 17.0. The molecule has 0 bridgehead atoms. The van der Waals surface area contributed by atoms with Crippen LogP contribution in [0.25, 0.3) is 10.9 Å². The van der Waals surface area contributed by atoms with Gasteiger partial charge in [0.25, 0.3) is 0 Å². The van der Waals surface area contributed by atoms with E-state index in [1.807, 2.05) is 18.2 Å². The number of benzene rings is 1. The number of nitrogens with one attached hydrogen (secondary N) is 1. The predicted octanol–water partition coefficient (Wildman–Crippen LogP) is 4.52. The molecule has 0 saturated carbocycles. The van der Waals surface area contributed by atoms with Crippen LogP contribution >= 0.6 is 0 Å². The van der Waals surface area contributed by atoms with E-state index in [2.05, 4.69) is 33.2 Å². The average Bonchev–Trinajstić information content (AvgIpc) is 2.76. The molecule has 160 valence electrons. The van der Waals surface area contributed by atoms with Gasteiger partial charge in [0.05, 0.1) is 11.1 Å². The van der Waals surface area contributed by atoms with E-state index in [-0.39, 0.29) is 6.04 Å². The first-order valence-corrected chi connectivity index (χ1v) is 10.1. The van der Waals surface area contributed by atoms with E-state index in [1.54, 1.807) is 12.3 Å². The van der Waals surface area contributed by atoms with Crippen LogP contribution in [0, 0.1) is 17.2 Å². The molecule has 3 aromatic rings. The number of nitrogens with zero attached hydrogens (tertiary/aromatic N) is 4. The number of nitriles is 1. The third kappa shape index (κ3) is 4.62. The lowest BCUT2D eigenvalue weighted by Crippen LogP contribution is -2.48. The van der Waals surface area contributed by atoms with E-state index < -0.39 is 11.9 Å². The summed E-state index contributed by atoms with van der Waals surface area (Å²) in [6, 6.07) is 12.5. The highest BCUT2D eigenvalue weighted by Gasteiger charge is 2.32. The van der Waals surface area contributed by atoms with Crippen molar-refractivity contribution in [3.05, 3.63) is 65.6 Å². The molecule has 8 heteroatoms. The molecule has 1 aromatic carbocycles. The number of alkyl halides is 3. The molecular weight excluding hydrogens is 403 g/mol. The van der Waals surface area contributed by atoms with Crippen molar-refractivity contribution in [3.8, 4) is 6.07 Å². The zero-order valence-corrected chi connectivity index (χ0v) is 17.0. The van der Waals surface area contributed by atoms with Gasteiger partial charge in [0.1, 0.15) is 11.8 Å². The van der Waals surface area contributed by atoms with Gasteiger partial charge in [-0.2, -0.15) is 18.4 Å². The van der Waals surface area contributed by atoms with Gasteiger partial charge in [0.15, 0.2) is 0 Å². The van der Waals surface area contributed by atoms with E-state index in [0.717, 1.165) is 36.7 Å². The van der Waals surface area contributed by atoms with Gasteiger partial charge in [0.2, 0.25) is 0 Å². The molecule has 31 heavy (non-hydrogen) atoms. The standard InChI is InChI=1S/C23H22F3N5/c1-15-9-18(29-11-16-4-7-21(30-12-16)23(24,25)26)14-31(13-15)20-6-5-17(10-27)22-19(20)3-2-8-28-22/h2-8,12,15,18,29H,9,11,13-14H2,1H3/t15?,18-/m1/s1. The highest BCUT2D eigenvalue weighted by Crippen LogP contribution is 2.31. The Balaban J connectivity index is 1.49. The number of halogens is 3. The fourth-order valence-electron chi connectivity index (χ4n) is 4.18. The van der Waals surface area contributed by atoms with Gasteiger partial charge < -0.3 is 10.2 Å². The summed E-state index contributed by atoms with van der Waals surface area (Å²) in [4.78, 5) is 10.2. The van der Waals surface area contributed by atoms with Crippen molar-refractivity contribution in [1.29, 1.82) is 5.26 Å². The maximum absolute atomic E-state index is 12.7. The molecule has 4 rings (SSSR count). The van der Waals surface area contributed by atoms with Crippen molar-refractivity contribution < 1.29 is 13.2 Å². The largest absolute Gasteiger partial charge is 0.433 e. The monoisotopic (exact) mass is 425 g/mol. The normalized spacial score (nSPS) is 19.4. The smallest absolute Gasteiger partial charge is 0.369 e. The number of hydrogen-bond donors (Lipinski definition) is 1. The summed E-state index contributed by atoms with van der Waals surface area (Å²) in [7, 11) is 0. The Morgan fingerprint density at radius 2 is 2.00 bits per heavy atom. The predicted molar refractivity (Wildman–Crippen MR) is 112 cm³/mol. The van der Waals surface area contributed by atoms with Crippen LogP contribution in [0.3, 0.4) is 0 Å². The van der Waals surface area contributed by atoms with Crippen LogP contribution in [0.1, 0.15) is 30.2 Å². The minimum Gasteiger partial charge on any atom is -0.369 e. The Morgan fingerprint density at radius 3 is 2.71 bits per heavy atom. The maximum Gasteiger partial charge on any atom is 0.433 e. The molecule has 2 aromatic heterocycles. The van der Waals surface area contributed by atoms with Crippen LogP contribution in [0.2, 0.25) is 0 Å². The quantitative estimate of drug-likeness (QED) is 0.666. The number of fused-ring (bicyclic) bond motifs is 1. The summed E-state index contributed by atoms with van der Waals surface area (Å²) in [6.07, 6.45) is -0.491. The Kier molecular flexibility index (Phi) is 5.79. The number of aromatic nitrogens is 2. The molecular formula is C23H22F3N5. The molecule has 5 nitrogen and oxygen atoms in total. The van der Waals surface area contributed by atoms with E-state index >= 15 is 0 Å². The van der Waals surface area contributed by atoms with E-state index in [1.165, 1.54) is 12.3 Å². The van der Waals surface area contributed by atoms with Crippen molar-refractivity contribution in [1.82, 2.24) is 15.3 Å². The van der Waals surface area contributed by atoms with Crippen LogP contribution < -0.4 is 10.2 Å². The van der Waals surface area contributed by atoms with E-state index in [4.69, 9.17) is 0 Å². The molecule has 2 atom stereocenters. The molecule has 1 saturated heterocycles. The minimum absolute atomic E-state index is 0.174. The first-order valence-electron chi connectivity index (χ1n) is 10.1. The van der Waals surface area contributed by atoms with Crippen LogP contribution in [-0.4, -0.2) is 29.1 Å². The van der Waals surface area contributed by atoms with Crippen LogP contribution in [-0.2, 0) is 12.7 Å². The van der Waals surface area contributed by atoms with Crippen LogP contribution in [0.15, 0.2) is 48.8 Å². The Bertz CT molecular complexity index is 1100. The molecule has 1 fully saturated rings. The van der Waals surface area contributed by atoms with Gasteiger partial charge in [-0.25, -0.2) is 0 Å². The van der Waals surface area contributed by atoms with Crippen molar-refractivity contribution in [3.63, 3.8) is 0 Å². The maximum atomic E-state index is 12.7. The van der Waals surface area contributed by atoms with Crippen LogP contribution in [0.5, 0.6) is 0 Å². The van der Waals surface area contributed by atoms with Crippen molar-refractivity contribution >= 4 is 16.6 Å². The fraction of sp³-hybridized carbons (Fsp3) is 0.348. The summed E-state index contributed by atoms with van der Waals surface area (Å²) in [5.74, 6) is 0.430. The van der Waals surface area contributed by atoms with Gasteiger partial charge in [0, 0.05) is 49.1 Å². The van der Waals surface area contributed by atoms with Gasteiger partial charge in [-0.15, -0.1) is 0 Å². The second kappa shape index (κ2) is 8.52. The zero-order chi connectivity index (χ0) is 22.0. The third-order valence-corrected chi connectivity index (χ3v) is 5.58. The van der Waals surface area contributed by atoms with Gasteiger partial charge >= 0.3 is 6.18 Å². The second-order valence-electron chi connectivity index (χ2n) is 8.02. The second-order valence-corrected chi connectivity index (χ2v) is 8.02. The summed E-state index contributed by atoms with van der Waals surface area (Å²) < 4.78 is 38.1. The SMILES string of the molecule is CC1C[C@@H](NCc2ccc(C(F)(F)F)nc2)CN(c2ccc(C#N)c3ncccc23)C1. The Morgan fingerprint density at radius 1 is 1.16 bits per heavy atom. The lowest BCUT2D eigenvalue weighted by atomic mass is 9.94. The number of rotatable bonds is 4. The fourth-order valence-corrected chi connectivity index (χ4v) is 4.18. The molecule has 1 aliphatic rings. The number of piperidine rings is 1. The summed E-state index contributed by atoms with van der Waals surface area (Å²) in [5.41, 5.74) is 2.12. The number of hydrogen-bond acceptors (Lipinski definition) is 5. The molecule has 0 amide bonds. The highest BCUT2D eigenvalue weighted by atomic mass is 19.4. The summed E-state index contributed by atoms with van der Waals surface area (Å²) in [5, 5.41) is 13.8. The van der Waals surface area contributed by atoms with Crippen molar-refractivity contribution in [2.45, 2.75) is 32.1 Å². The van der Waals surface area contributed by atoms with Gasteiger partial charge in [-0.05, 0) is 48.2 Å². The molecule has 3 heterocycles. The Hall–Kier alpha value is -3.18. The van der Waals surface area contributed by atoms with Crippen molar-refractivity contribution in [2.75, 3.05) is 18.0 Å². The Labute approximate surface area is 178 Å². The average molecular weight is 425 g/mol. The molecule has 1 N–H and O–H groups in total. The van der Waals surface area contributed by atoms with E-state index in [0.29, 0.717) is 29.1 Å². The van der Waals surface area contributed by atoms with Crippen LogP contribution in [0.4, 0.5) is 18.9 Å². The molecule has 1 aliphatic heterocycles. The first kappa shape index (κ1) is 21.1. The number of anilines is 1. The lowest BCUT2D eigenvalue weighted by Gasteiger charge is -2.39.